The molecule has 9 heteroatoms. The molecule has 0 saturated carbocycles. The first-order valence-electron chi connectivity index (χ1n) is 9.76. The molecule has 0 radical (unpaired) electrons. The quantitative estimate of drug-likeness (QED) is 0.301. The van der Waals surface area contributed by atoms with E-state index in [1.165, 1.54) is 11.3 Å². The molecule has 0 bridgehead atoms. The van der Waals surface area contributed by atoms with E-state index in [1.807, 2.05) is 41.0 Å². The summed E-state index contributed by atoms with van der Waals surface area (Å²) in [4.78, 5) is 18.7. The van der Waals surface area contributed by atoms with E-state index in [1.54, 1.807) is 33.1 Å². The summed E-state index contributed by atoms with van der Waals surface area (Å²) in [5, 5.41) is 0.721. The van der Waals surface area contributed by atoms with Gasteiger partial charge in [-0.3, -0.25) is 4.79 Å². The molecule has 2 aromatic carbocycles. The lowest BCUT2D eigenvalue weighted by Crippen LogP contribution is -2.19. The minimum Gasteiger partial charge on any atom is -0.493 e. The van der Waals surface area contributed by atoms with Crippen molar-refractivity contribution in [2.75, 3.05) is 33.7 Å². The molecule has 0 aliphatic rings. The lowest BCUT2D eigenvalue weighted by atomic mass is 10.3. The van der Waals surface area contributed by atoms with Crippen LogP contribution in [0.15, 0.2) is 46.3 Å². The topological polar surface area (TPSA) is 62.1 Å². The Morgan fingerprint density at radius 3 is 2.52 bits per heavy atom. The van der Waals surface area contributed by atoms with Gasteiger partial charge in [0.2, 0.25) is 5.91 Å². The second kappa shape index (κ2) is 11.6. The van der Waals surface area contributed by atoms with E-state index in [4.69, 9.17) is 25.8 Å². The van der Waals surface area contributed by atoms with Crippen LogP contribution in [0.4, 0.5) is 0 Å². The number of halogens is 1. The van der Waals surface area contributed by atoms with E-state index in [0.717, 1.165) is 32.3 Å². The highest BCUT2D eigenvalue weighted by atomic mass is 35.5. The normalized spacial score (nSPS) is 11.8. The SMILES string of the molecule is COCCn1c(=NC(=O)CCCSc2ccc(Cl)cc2)sc2cc(OC)c(OC)cc21. The van der Waals surface area contributed by atoms with Gasteiger partial charge in [-0.25, -0.2) is 0 Å². The molecule has 0 atom stereocenters. The third-order valence-corrected chi connectivity index (χ3v) is 6.94. The van der Waals surface area contributed by atoms with Crippen LogP contribution in [0.5, 0.6) is 11.5 Å². The van der Waals surface area contributed by atoms with Gasteiger partial charge in [-0.15, -0.1) is 11.8 Å². The molecular formula is C22H25ClN2O4S2. The molecule has 166 valence electrons. The molecule has 1 amide bonds. The number of fused-ring (bicyclic) bond motifs is 1. The number of hydrogen-bond donors (Lipinski definition) is 0. The second-order valence-electron chi connectivity index (χ2n) is 6.62. The van der Waals surface area contributed by atoms with E-state index in [2.05, 4.69) is 4.99 Å². The average molecular weight is 481 g/mol. The Labute approximate surface area is 194 Å². The first-order valence-corrected chi connectivity index (χ1v) is 11.9. The van der Waals surface area contributed by atoms with Crippen molar-refractivity contribution in [2.24, 2.45) is 4.99 Å². The zero-order valence-corrected chi connectivity index (χ0v) is 20.1. The van der Waals surface area contributed by atoms with Crippen LogP contribution >= 0.6 is 34.7 Å². The van der Waals surface area contributed by atoms with Gasteiger partial charge in [0.15, 0.2) is 16.3 Å². The van der Waals surface area contributed by atoms with Crippen molar-refractivity contribution in [3.05, 3.63) is 46.2 Å². The number of thiazole rings is 1. The Morgan fingerprint density at radius 2 is 1.84 bits per heavy atom. The molecule has 0 aliphatic carbocycles. The van der Waals surface area contributed by atoms with Crippen molar-refractivity contribution >= 4 is 50.8 Å². The van der Waals surface area contributed by atoms with E-state index in [-0.39, 0.29) is 5.91 Å². The van der Waals surface area contributed by atoms with Gasteiger partial charge >= 0.3 is 0 Å². The Morgan fingerprint density at radius 1 is 1.13 bits per heavy atom. The molecule has 0 unspecified atom stereocenters. The third-order valence-electron chi connectivity index (χ3n) is 4.54. The maximum absolute atomic E-state index is 12.5. The number of benzene rings is 2. The number of amides is 1. The standard InChI is InChI=1S/C22H25ClN2O4S2/c1-27-11-10-25-17-13-18(28-2)19(29-3)14-20(17)31-22(25)24-21(26)5-4-12-30-16-8-6-15(23)7-9-16/h6-9,13-14H,4-5,10-12H2,1-3H3. The summed E-state index contributed by atoms with van der Waals surface area (Å²) in [5.74, 6) is 1.99. The Kier molecular flexibility index (Phi) is 8.83. The number of thioether (sulfide) groups is 1. The zero-order valence-electron chi connectivity index (χ0n) is 17.7. The van der Waals surface area contributed by atoms with Gasteiger partial charge in [0.05, 0.1) is 31.0 Å². The summed E-state index contributed by atoms with van der Waals surface area (Å²) in [6, 6.07) is 11.5. The second-order valence-corrected chi connectivity index (χ2v) is 9.23. The lowest BCUT2D eigenvalue weighted by molar-refractivity contribution is -0.118. The molecule has 1 heterocycles. The van der Waals surface area contributed by atoms with Crippen molar-refractivity contribution in [2.45, 2.75) is 24.3 Å². The lowest BCUT2D eigenvalue weighted by Gasteiger charge is -2.09. The van der Waals surface area contributed by atoms with Crippen molar-refractivity contribution in [1.82, 2.24) is 4.57 Å². The molecule has 3 aromatic rings. The average Bonchev–Trinajstić information content (AvgIpc) is 3.10. The maximum atomic E-state index is 12.5. The van der Waals surface area contributed by atoms with Crippen LogP contribution in [0.1, 0.15) is 12.8 Å². The Balaban J connectivity index is 1.75. The van der Waals surface area contributed by atoms with Crippen LogP contribution < -0.4 is 14.3 Å². The van der Waals surface area contributed by atoms with Crippen molar-refractivity contribution in [1.29, 1.82) is 0 Å². The van der Waals surface area contributed by atoms with E-state index in [9.17, 15) is 4.79 Å². The first-order chi connectivity index (χ1) is 15.0. The van der Waals surface area contributed by atoms with Crippen LogP contribution in [0.3, 0.4) is 0 Å². The van der Waals surface area contributed by atoms with Gasteiger partial charge in [0.1, 0.15) is 0 Å². The maximum Gasteiger partial charge on any atom is 0.248 e. The minimum atomic E-state index is -0.131. The number of rotatable bonds is 10. The van der Waals surface area contributed by atoms with Crippen LogP contribution in [0.25, 0.3) is 10.2 Å². The van der Waals surface area contributed by atoms with Crippen LogP contribution in [0, 0.1) is 0 Å². The number of carbonyl (C=O) groups is 1. The molecular weight excluding hydrogens is 456 g/mol. The highest BCUT2D eigenvalue weighted by molar-refractivity contribution is 7.99. The fourth-order valence-corrected chi connectivity index (χ4v) is 5.05. The van der Waals surface area contributed by atoms with Crippen molar-refractivity contribution < 1.29 is 19.0 Å². The number of methoxy groups -OCH3 is 3. The summed E-state index contributed by atoms with van der Waals surface area (Å²) < 4.78 is 19.0. The van der Waals surface area contributed by atoms with Gasteiger partial charge in [0, 0.05) is 42.1 Å². The number of nitrogens with zero attached hydrogens (tertiary/aromatic N) is 2. The summed E-state index contributed by atoms with van der Waals surface area (Å²) in [6.45, 7) is 1.10. The smallest absolute Gasteiger partial charge is 0.248 e. The molecule has 6 nitrogen and oxygen atoms in total. The monoisotopic (exact) mass is 480 g/mol. The van der Waals surface area contributed by atoms with Gasteiger partial charge in [-0.05, 0) is 36.4 Å². The highest BCUT2D eigenvalue weighted by Gasteiger charge is 2.13. The minimum absolute atomic E-state index is 0.131. The molecule has 0 N–H and O–H groups in total. The van der Waals surface area contributed by atoms with Gasteiger partial charge < -0.3 is 18.8 Å². The van der Waals surface area contributed by atoms with Crippen LogP contribution in [0.2, 0.25) is 5.02 Å². The van der Waals surface area contributed by atoms with E-state index in [0.29, 0.717) is 35.9 Å². The molecule has 0 spiro atoms. The predicted octanol–water partition coefficient (Wildman–Crippen LogP) is 5.02. The van der Waals surface area contributed by atoms with Gasteiger partial charge in [-0.1, -0.05) is 22.9 Å². The number of ether oxygens (including phenoxy) is 3. The van der Waals surface area contributed by atoms with E-state index < -0.39 is 0 Å². The molecule has 0 fully saturated rings. The molecule has 31 heavy (non-hydrogen) atoms. The largest absolute Gasteiger partial charge is 0.493 e. The summed E-state index contributed by atoms with van der Waals surface area (Å²) in [6.07, 6.45) is 1.14. The zero-order chi connectivity index (χ0) is 22.2. The van der Waals surface area contributed by atoms with Crippen LogP contribution in [-0.4, -0.2) is 44.2 Å². The predicted molar refractivity (Wildman–Crippen MR) is 127 cm³/mol. The fourth-order valence-electron chi connectivity index (χ4n) is 2.99. The van der Waals surface area contributed by atoms with Crippen molar-refractivity contribution in [3.8, 4) is 11.5 Å². The number of hydrogen-bond acceptors (Lipinski definition) is 6. The summed E-state index contributed by atoms with van der Waals surface area (Å²) in [5.41, 5.74) is 0.935. The van der Waals surface area contributed by atoms with Gasteiger partial charge in [0.25, 0.3) is 0 Å². The molecule has 3 rings (SSSR count). The van der Waals surface area contributed by atoms with Crippen LogP contribution in [-0.2, 0) is 16.1 Å². The summed E-state index contributed by atoms with van der Waals surface area (Å²) in [7, 11) is 4.86. The molecule has 1 aromatic heterocycles. The fraction of sp³-hybridized carbons (Fsp3) is 0.364. The Bertz CT molecular complexity index is 1090. The molecule has 0 aliphatic heterocycles. The van der Waals surface area contributed by atoms with Crippen molar-refractivity contribution in [3.63, 3.8) is 0 Å². The number of aromatic nitrogens is 1. The van der Waals surface area contributed by atoms with Gasteiger partial charge in [-0.2, -0.15) is 4.99 Å². The third kappa shape index (κ3) is 6.26. The number of carbonyl (C=O) groups excluding carboxylic acids is 1. The first kappa shape index (κ1) is 23.7. The highest BCUT2D eigenvalue weighted by Crippen LogP contribution is 2.33. The Hall–Kier alpha value is -2.00. The summed E-state index contributed by atoms with van der Waals surface area (Å²) >= 11 is 9.07. The molecule has 0 saturated heterocycles. The van der Waals surface area contributed by atoms with E-state index >= 15 is 0 Å².